The van der Waals surface area contributed by atoms with Crippen LogP contribution in [-0.2, 0) is 4.79 Å². The molecule has 7 heteroatoms. The number of aromatic nitrogens is 1. The molecule has 166 valence electrons. The number of hydrogen-bond donors (Lipinski definition) is 1. The highest BCUT2D eigenvalue weighted by molar-refractivity contribution is 5.83. The molecule has 0 unspecified atom stereocenters. The molecule has 1 aliphatic heterocycles. The molecule has 3 aromatic rings. The van der Waals surface area contributed by atoms with Crippen molar-refractivity contribution in [2.75, 3.05) is 31.7 Å². The van der Waals surface area contributed by atoms with Crippen LogP contribution in [0.2, 0.25) is 0 Å². The maximum absolute atomic E-state index is 12.4. The Kier molecular flexibility index (Phi) is 7.17. The number of carbonyl (C=O) groups excluding carboxylic acids is 1. The predicted octanol–water partition coefficient (Wildman–Crippen LogP) is 4.47. The second-order valence-corrected chi connectivity index (χ2v) is 7.63. The standard InChI is InChI=1S/C25H28N4O3/c1-2-31-23-16-19(10-12-22(23)32-18-25(30)29-14-6-3-7-15-29)17-26-28-24-13-11-20-8-4-5-9-21(20)27-24/h4-5,8-13,16-17H,2-3,6-7,14-15,18H2,1H3,(H,27,28)/b26-17+. The molecular formula is C25H28N4O3. The summed E-state index contributed by atoms with van der Waals surface area (Å²) in [6.45, 7) is 4.05. The number of anilines is 1. The number of hydrazone groups is 1. The molecule has 2 aromatic carbocycles. The fourth-order valence-corrected chi connectivity index (χ4v) is 3.67. The molecule has 1 fully saturated rings. The maximum Gasteiger partial charge on any atom is 0.260 e. The third-order valence-corrected chi connectivity index (χ3v) is 5.32. The highest BCUT2D eigenvalue weighted by atomic mass is 16.5. The van der Waals surface area contributed by atoms with Gasteiger partial charge in [-0.1, -0.05) is 18.2 Å². The molecule has 0 spiro atoms. The Morgan fingerprint density at radius 3 is 2.75 bits per heavy atom. The van der Waals surface area contributed by atoms with Crippen molar-refractivity contribution in [1.29, 1.82) is 0 Å². The first kappa shape index (κ1) is 21.6. The van der Waals surface area contributed by atoms with Gasteiger partial charge in [-0.15, -0.1) is 0 Å². The van der Waals surface area contributed by atoms with Crippen LogP contribution in [0.1, 0.15) is 31.7 Å². The quantitative estimate of drug-likeness (QED) is 0.420. The van der Waals surface area contributed by atoms with Gasteiger partial charge in [0.1, 0.15) is 5.82 Å². The zero-order valence-corrected chi connectivity index (χ0v) is 18.3. The van der Waals surface area contributed by atoms with Gasteiger partial charge in [-0.2, -0.15) is 5.10 Å². The molecular weight excluding hydrogens is 404 g/mol. The smallest absolute Gasteiger partial charge is 0.260 e. The molecule has 4 rings (SSSR count). The Morgan fingerprint density at radius 2 is 1.91 bits per heavy atom. The third-order valence-electron chi connectivity index (χ3n) is 5.32. The Balaban J connectivity index is 1.39. The van der Waals surface area contributed by atoms with Gasteiger partial charge in [-0.3, -0.25) is 10.2 Å². The van der Waals surface area contributed by atoms with Gasteiger partial charge < -0.3 is 14.4 Å². The minimum atomic E-state index is 0.0166. The molecule has 0 aliphatic carbocycles. The van der Waals surface area contributed by atoms with Crippen LogP contribution in [0.4, 0.5) is 5.82 Å². The largest absolute Gasteiger partial charge is 0.490 e. The third kappa shape index (κ3) is 5.55. The summed E-state index contributed by atoms with van der Waals surface area (Å²) in [4.78, 5) is 18.8. The van der Waals surface area contributed by atoms with Crippen molar-refractivity contribution in [2.24, 2.45) is 5.10 Å². The van der Waals surface area contributed by atoms with Crippen molar-refractivity contribution in [3.8, 4) is 11.5 Å². The van der Waals surface area contributed by atoms with E-state index < -0.39 is 0 Å². The summed E-state index contributed by atoms with van der Waals surface area (Å²) in [6, 6.07) is 17.4. The number of para-hydroxylation sites is 1. The lowest BCUT2D eigenvalue weighted by Gasteiger charge is -2.26. The summed E-state index contributed by atoms with van der Waals surface area (Å²) < 4.78 is 11.5. The van der Waals surface area contributed by atoms with Gasteiger partial charge in [0.2, 0.25) is 0 Å². The lowest BCUT2D eigenvalue weighted by Crippen LogP contribution is -2.38. The van der Waals surface area contributed by atoms with Gasteiger partial charge in [-0.25, -0.2) is 4.98 Å². The first-order valence-electron chi connectivity index (χ1n) is 11.1. The number of pyridine rings is 1. The highest BCUT2D eigenvalue weighted by Crippen LogP contribution is 2.28. The van der Waals surface area contributed by atoms with Crippen LogP contribution < -0.4 is 14.9 Å². The summed E-state index contributed by atoms with van der Waals surface area (Å²) in [5, 5.41) is 5.37. The van der Waals surface area contributed by atoms with Gasteiger partial charge in [0.15, 0.2) is 18.1 Å². The molecule has 2 heterocycles. The van der Waals surface area contributed by atoms with Crippen LogP contribution in [0.25, 0.3) is 10.9 Å². The summed E-state index contributed by atoms with van der Waals surface area (Å²) in [6.07, 6.45) is 5.01. The van der Waals surface area contributed by atoms with Crippen LogP contribution in [0.3, 0.4) is 0 Å². The Bertz CT molecular complexity index is 1090. The summed E-state index contributed by atoms with van der Waals surface area (Å²) >= 11 is 0. The van der Waals surface area contributed by atoms with Crippen molar-refractivity contribution in [2.45, 2.75) is 26.2 Å². The zero-order valence-electron chi connectivity index (χ0n) is 18.3. The van der Waals surface area contributed by atoms with Gasteiger partial charge in [0, 0.05) is 18.5 Å². The van der Waals surface area contributed by atoms with E-state index in [0.29, 0.717) is 23.9 Å². The minimum absolute atomic E-state index is 0.0166. The molecule has 0 bridgehead atoms. The molecule has 1 amide bonds. The summed E-state index contributed by atoms with van der Waals surface area (Å²) in [7, 11) is 0. The Morgan fingerprint density at radius 1 is 1.06 bits per heavy atom. The topological polar surface area (TPSA) is 76.0 Å². The van der Waals surface area contributed by atoms with E-state index in [9.17, 15) is 4.79 Å². The number of nitrogens with zero attached hydrogens (tertiary/aromatic N) is 3. The second-order valence-electron chi connectivity index (χ2n) is 7.63. The SMILES string of the molecule is CCOc1cc(/C=N/Nc2ccc3ccccc3n2)ccc1OCC(=O)N1CCCCC1. The monoisotopic (exact) mass is 432 g/mol. The van der Waals surface area contributed by atoms with E-state index in [4.69, 9.17) is 9.47 Å². The van der Waals surface area contributed by atoms with Crippen LogP contribution >= 0.6 is 0 Å². The summed E-state index contributed by atoms with van der Waals surface area (Å²) in [5.74, 6) is 1.83. The zero-order chi connectivity index (χ0) is 22.2. The van der Waals surface area contributed by atoms with E-state index in [2.05, 4.69) is 15.5 Å². The summed E-state index contributed by atoms with van der Waals surface area (Å²) in [5.41, 5.74) is 4.72. The number of amides is 1. The number of rotatable bonds is 8. The molecule has 0 saturated carbocycles. The predicted molar refractivity (Wildman–Crippen MR) is 126 cm³/mol. The molecule has 32 heavy (non-hydrogen) atoms. The minimum Gasteiger partial charge on any atom is -0.490 e. The Hall–Kier alpha value is -3.61. The highest BCUT2D eigenvalue weighted by Gasteiger charge is 2.17. The molecule has 1 N–H and O–H groups in total. The van der Waals surface area contributed by atoms with E-state index in [1.54, 1.807) is 6.21 Å². The maximum atomic E-state index is 12.4. The van der Waals surface area contributed by atoms with E-state index in [1.165, 1.54) is 6.42 Å². The lowest BCUT2D eigenvalue weighted by molar-refractivity contribution is -0.134. The van der Waals surface area contributed by atoms with Crippen molar-refractivity contribution < 1.29 is 14.3 Å². The van der Waals surface area contributed by atoms with E-state index in [1.807, 2.05) is 66.4 Å². The number of likely N-dealkylation sites (tertiary alicyclic amines) is 1. The van der Waals surface area contributed by atoms with Gasteiger partial charge in [-0.05, 0) is 68.1 Å². The second kappa shape index (κ2) is 10.6. The fraction of sp³-hybridized carbons (Fsp3) is 0.320. The van der Waals surface area contributed by atoms with Crippen molar-refractivity contribution in [3.63, 3.8) is 0 Å². The number of fused-ring (bicyclic) bond motifs is 1. The number of piperidine rings is 1. The number of nitrogens with one attached hydrogen (secondary N) is 1. The molecule has 1 aliphatic rings. The number of ether oxygens (including phenoxy) is 2. The average molecular weight is 433 g/mol. The first-order valence-corrected chi connectivity index (χ1v) is 11.1. The van der Waals surface area contributed by atoms with Crippen LogP contribution in [0, 0.1) is 0 Å². The first-order chi connectivity index (χ1) is 15.7. The van der Waals surface area contributed by atoms with E-state index in [0.717, 1.165) is 42.4 Å². The van der Waals surface area contributed by atoms with Crippen molar-refractivity contribution in [1.82, 2.24) is 9.88 Å². The van der Waals surface area contributed by atoms with Crippen LogP contribution in [-0.4, -0.2) is 48.3 Å². The van der Waals surface area contributed by atoms with Crippen molar-refractivity contribution >= 4 is 28.8 Å². The van der Waals surface area contributed by atoms with Crippen LogP contribution in [0.15, 0.2) is 59.7 Å². The number of carbonyl (C=O) groups is 1. The van der Waals surface area contributed by atoms with E-state index in [-0.39, 0.29) is 12.5 Å². The Labute approximate surface area is 188 Å². The fourth-order valence-electron chi connectivity index (χ4n) is 3.67. The van der Waals surface area contributed by atoms with Gasteiger partial charge in [0.05, 0.1) is 18.3 Å². The molecule has 0 atom stereocenters. The molecule has 7 nitrogen and oxygen atoms in total. The lowest BCUT2D eigenvalue weighted by atomic mass is 10.1. The molecule has 1 aromatic heterocycles. The van der Waals surface area contributed by atoms with Crippen LogP contribution in [0.5, 0.6) is 11.5 Å². The molecule has 0 radical (unpaired) electrons. The van der Waals surface area contributed by atoms with Gasteiger partial charge in [0.25, 0.3) is 5.91 Å². The normalized spacial score (nSPS) is 14.0. The average Bonchev–Trinajstić information content (AvgIpc) is 2.84. The van der Waals surface area contributed by atoms with Gasteiger partial charge >= 0.3 is 0 Å². The van der Waals surface area contributed by atoms with E-state index >= 15 is 0 Å². The molecule has 1 saturated heterocycles. The number of hydrogen-bond acceptors (Lipinski definition) is 6. The van der Waals surface area contributed by atoms with Crippen molar-refractivity contribution in [3.05, 3.63) is 60.2 Å². The number of benzene rings is 2.